The number of benzene rings is 2. The van der Waals surface area contributed by atoms with E-state index in [0.717, 1.165) is 30.4 Å². The van der Waals surface area contributed by atoms with E-state index in [4.69, 9.17) is 9.47 Å². The van der Waals surface area contributed by atoms with Crippen LogP contribution in [0.25, 0.3) is 0 Å². The van der Waals surface area contributed by atoms with Crippen molar-refractivity contribution in [2.24, 2.45) is 11.8 Å². The number of aliphatic hydroxyl groups excluding tert-OH is 1. The predicted octanol–water partition coefficient (Wildman–Crippen LogP) is 4.54. The Kier molecular flexibility index (Phi) is 15.0. The molecule has 2 amide bonds. The van der Waals surface area contributed by atoms with Crippen molar-refractivity contribution in [2.75, 3.05) is 19.8 Å². The minimum Gasteiger partial charge on any atom is -0.463 e. The fourth-order valence-corrected chi connectivity index (χ4v) is 5.45. The number of amides is 2. The first-order valence-electron chi connectivity index (χ1n) is 15.7. The molecule has 0 aromatic heterocycles. The lowest BCUT2D eigenvalue weighted by Gasteiger charge is -2.26. The summed E-state index contributed by atoms with van der Waals surface area (Å²) in [5.74, 6) is -3.27. The van der Waals surface area contributed by atoms with Gasteiger partial charge in [0, 0.05) is 13.0 Å². The number of rotatable bonds is 19. The quantitative estimate of drug-likeness (QED) is 0.135. The second-order valence-electron chi connectivity index (χ2n) is 11.4. The van der Waals surface area contributed by atoms with Crippen molar-refractivity contribution in [1.29, 1.82) is 0 Å². The molecule has 0 aliphatic carbocycles. The summed E-state index contributed by atoms with van der Waals surface area (Å²) < 4.78 is 11.2. The van der Waals surface area contributed by atoms with Gasteiger partial charge in [0.15, 0.2) is 6.04 Å². The summed E-state index contributed by atoms with van der Waals surface area (Å²) in [7, 11) is 0. The number of likely N-dealkylation sites (tertiary alicyclic amines) is 1. The Morgan fingerprint density at radius 1 is 0.933 bits per heavy atom. The molecule has 0 bridgehead atoms. The van der Waals surface area contributed by atoms with E-state index in [-0.39, 0.29) is 38.0 Å². The summed E-state index contributed by atoms with van der Waals surface area (Å²) >= 11 is 0. The maximum absolute atomic E-state index is 13.5. The van der Waals surface area contributed by atoms with Crippen molar-refractivity contribution < 1.29 is 33.8 Å². The average Bonchev–Trinajstić information content (AvgIpc) is 3.55. The minimum absolute atomic E-state index is 0.0236. The standard InChI is InChI=1S/C36H46N2O7/c1-3-5-8-19-30(22-27-15-9-6-10-16-27)35(42)45-26-32(36(43)44-25-28-17-11-7-12-18-28)37-34(41)29(14-4-2)23-33(40)38-21-13-20-31(38)24-39/h3-4,6-7,9-12,15-18,29-32,39H,1-2,5,8,13-14,19-26H2,(H,37,41)/t29-,30+,31-,32+/m0/s1. The topological polar surface area (TPSA) is 122 Å². The normalized spacial score (nSPS) is 16.2. The molecule has 0 spiro atoms. The van der Waals surface area contributed by atoms with Crippen molar-refractivity contribution in [1.82, 2.24) is 10.2 Å². The molecule has 1 aliphatic rings. The number of unbranched alkanes of at least 4 members (excludes halogenated alkanes) is 1. The Morgan fingerprint density at radius 2 is 1.62 bits per heavy atom. The lowest BCUT2D eigenvalue weighted by atomic mass is 9.94. The zero-order valence-corrected chi connectivity index (χ0v) is 26.0. The van der Waals surface area contributed by atoms with E-state index in [1.807, 2.05) is 60.7 Å². The molecule has 2 aromatic carbocycles. The van der Waals surface area contributed by atoms with E-state index in [0.29, 0.717) is 25.8 Å². The van der Waals surface area contributed by atoms with Gasteiger partial charge in [0.05, 0.1) is 24.5 Å². The van der Waals surface area contributed by atoms with Crippen LogP contribution in [0.3, 0.4) is 0 Å². The van der Waals surface area contributed by atoms with E-state index in [9.17, 15) is 24.3 Å². The van der Waals surface area contributed by atoms with Crippen LogP contribution in [0.2, 0.25) is 0 Å². The summed E-state index contributed by atoms with van der Waals surface area (Å²) in [5.41, 5.74) is 1.75. The Morgan fingerprint density at radius 3 is 2.27 bits per heavy atom. The molecule has 9 nitrogen and oxygen atoms in total. The van der Waals surface area contributed by atoms with Gasteiger partial charge in [0.2, 0.25) is 11.8 Å². The van der Waals surface area contributed by atoms with E-state index < -0.39 is 42.3 Å². The third-order valence-electron chi connectivity index (χ3n) is 7.99. The molecule has 1 heterocycles. The van der Waals surface area contributed by atoms with E-state index >= 15 is 0 Å². The van der Waals surface area contributed by atoms with E-state index in [2.05, 4.69) is 18.5 Å². The van der Waals surface area contributed by atoms with Crippen molar-refractivity contribution in [3.8, 4) is 0 Å². The molecule has 4 atom stereocenters. The Bertz CT molecular complexity index is 1250. The third kappa shape index (κ3) is 11.6. The van der Waals surface area contributed by atoms with Gasteiger partial charge < -0.3 is 24.8 Å². The summed E-state index contributed by atoms with van der Waals surface area (Å²) in [6, 6.07) is 17.2. The smallest absolute Gasteiger partial charge is 0.332 e. The fourth-order valence-electron chi connectivity index (χ4n) is 5.45. The largest absolute Gasteiger partial charge is 0.463 e. The van der Waals surface area contributed by atoms with Gasteiger partial charge in [-0.3, -0.25) is 14.4 Å². The first-order valence-corrected chi connectivity index (χ1v) is 15.7. The monoisotopic (exact) mass is 618 g/mol. The molecule has 45 heavy (non-hydrogen) atoms. The number of allylic oxidation sites excluding steroid dienone is 2. The van der Waals surface area contributed by atoms with E-state index in [1.54, 1.807) is 17.1 Å². The number of hydrogen-bond acceptors (Lipinski definition) is 7. The van der Waals surface area contributed by atoms with Gasteiger partial charge in [0.1, 0.15) is 13.2 Å². The highest BCUT2D eigenvalue weighted by Gasteiger charge is 2.33. The first-order chi connectivity index (χ1) is 21.9. The third-order valence-corrected chi connectivity index (χ3v) is 7.99. The van der Waals surface area contributed by atoms with Crippen molar-refractivity contribution in [3.05, 3.63) is 97.1 Å². The first kappa shape index (κ1) is 35.2. The van der Waals surface area contributed by atoms with Crippen LogP contribution in [0.15, 0.2) is 86.0 Å². The van der Waals surface area contributed by atoms with Gasteiger partial charge in [-0.25, -0.2) is 4.79 Å². The second-order valence-corrected chi connectivity index (χ2v) is 11.4. The molecule has 0 radical (unpaired) electrons. The number of nitrogens with one attached hydrogen (secondary N) is 1. The van der Waals surface area contributed by atoms with Gasteiger partial charge in [-0.1, -0.05) is 72.8 Å². The van der Waals surface area contributed by atoms with Gasteiger partial charge >= 0.3 is 11.9 Å². The molecule has 0 unspecified atom stereocenters. The average molecular weight is 619 g/mol. The molecule has 2 N–H and O–H groups in total. The zero-order chi connectivity index (χ0) is 32.4. The maximum Gasteiger partial charge on any atom is 0.332 e. The van der Waals surface area contributed by atoms with Crippen molar-refractivity contribution in [3.63, 3.8) is 0 Å². The number of ether oxygens (including phenoxy) is 2. The van der Waals surface area contributed by atoms with Gasteiger partial charge in [-0.05, 0) is 56.1 Å². The van der Waals surface area contributed by atoms with E-state index in [1.165, 1.54) is 0 Å². The Hall–Kier alpha value is -4.24. The van der Waals surface area contributed by atoms with Crippen LogP contribution < -0.4 is 5.32 Å². The van der Waals surface area contributed by atoms with Crippen LogP contribution in [0.1, 0.15) is 56.1 Å². The second kappa shape index (κ2) is 19.2. The molecule has 2 aromatic rings. The van der Waals surface area contributed by atoms with Gasteiger partial charge in [0.25, 0.3) is 0 Å². The molecule has 3 rings (SSSR count). The SMILES string of the molecule is C=CCCC[C@H](Cc1ccccc1)C(=O)OC[C@@H](NC(=O)[C@@H](CC=C)CC(=O)N1CCC[C@H]1CO)C(=O)OCc1ccccc1. The van der Waals surface area contributed by atoms with Crippen molar-refractivity contribution in [2.45, 2.75) is 70.1 Å². The van der Waals surface area contributed by atoms with Crippen LogP contribution in [0, 0.1) is 11.8 Å². The number of hydrogen-bond donors (Lipinski definition) is 2. The number of nitrogens with zero attached hydrogens (tertiary/aromatic N) is 1. The highest BCUT2D eigenvalue weighted by molar-refractivity contribution is 5.89. The predicted molar refractivity (Wildman–Crippen MR) is 172 cm³/mol. The Labute approximate surface area is 266 Å². The number of aliphatic hydroxyl groups is 1. The number of carbonyl (C=O) groups excluding carboxylic acids is 4. The summed E-state index contributed by atoms with van der Waals surface area (Å²) in [6.07, 6.45) is 7.48. The van der Waals surface area contributed by atoms with Crippen LogP contribution in [0.5, 0.6) is 0 Å². The molecule has 1 saturated heterocycles. The number of carbonyl (C=O) groups is 4. The zero-order valence-electron chi connectivity index (χ0n) is 26.0. The highest BCUT2D eigenvalue weighted by Crippen LogP contribution is 2.22. The minimum atomic E-state index is -1.28. The molecule has 1 aliphatic heterocycles. The lowest BCUT2D eigenvalue weighted by Crippen LogP contribution is -2.48. The Balaban J connectivity index is 1.72. The van der Waals surface area contributed by atoms with Crippen LogP contribution in [-0.2, 0) is 41.7 Å². The molecular weight excluding hydrogens is 572 g/mol. The molecule has 242 valence electrons. The molecule has 9 heteroatoms. The van der Waals surface area contributed by atoms with Gasteiger partial charge in [-0.15, -0.1) is 13.2 Å². The maximum atomic E-state index is 13.5. The van der Waals surface area contributed by atoms with Crippen LogP contribution in [-0.4, -0.2) is 65.6 Å². The summed E-state index contributed by atoms with van der Waals surface area (Å²) in [5, 5.41) is 12.3. The lowest BCUT2D eigenvalue weighted by molar-refractivity contribution is -0.157. The van der Waals surface area contributed by atoms with Crippen LogP contribution in [0.4, 0.5) is 0 Å². The van der Waals surface area contributed by atoms with Crippen LogP contribution >= 0.6 is 0 Å². The van der Waals surface area contributed by atoms with Gasteiger partial charge in [-0.2, -0.15) is 0 Å². The summed E-state index contributed by atoms with van der Waals surface area (Å²) in [4.78, 5) is 54.7. The fraction of sp³-hybridized carbons (Fsp3) is 0.444. The highest BCUT2D eigenvalue weighted by atomic mass is 16.6. The molecule has 0 saturated carbocycles. The molecular formula is C36H46N2O7. The number of esters is 2. The summed E-state index contributed by atoms with van der Waals surface area (Å²) in [6.45, 7) is 7.43. The molecule has 1 fully saturated rings. The van der Waals surface area contributed by atoms with Crippen molar-refractivity contribution >= 4 is 23.8 Å².